The zero-order valence-electron chi connectivity index (χ0n) is 5.93. The average Bonchev–Trinajstić information content (AvgIpc) is 2.66. The molecule has 1 aromatic rings. The summed E-state index contributed by atoms with van der Waals surface area (Å²) in [5.41, 5.74) is 0. The van der Waals surface area contributed by atoms with Crippen molar-refractivity contribution in [3.63, 3.8) is 0 Å². The Morgan fingerprint density at radius 1 is 1.25 bits per heavy atom. The molecule has 1 aliphatic carbocycles. The van der Waals surface area contributed by atoms with Crippen LogP contribution in [0.3, 0.4) is 0 Å². The highest BCUT2D eigenvalue weighted by Crippen LogP contribution is 2.40. The van der Waals surface area contributed by atoms with E-state index in [1.165, 1.54) is 0 Å². The number of hydrogen-bond donors (Lipinski definition) is 0. The molecular weight excluding hydrogens is 173 g/mol. The third-order valence-electron chi connectivity index (χ3n) is 1.61. The van der Waals surface area contributed by atoms with Crippen molar-refractivity contribution >= 4 is 0 Å². The summed E-state index contributed by atoms with van der Waals surface area (Å²) in [5.74, 6) is -1.07. The first-order valence-electron chi connectivity index (χ1n) is 3.48. The van der Waals surface area contributed by atoms with E-state index >= 15 is 0 Å². The third kappa shape index (κ3) is 1.28. The van der Waals surface area contributed by atoms with Gasteiger partial charge in [0, 0.05) is 5.92 Å². The Morgan fingerprint density at radius 3 is 2.33 bits per heavy atom. The predicted octanol–water partition coefficient (Wildman–Crippen LogP) is 1.97. The van der Waals surface area contributed by atoms with Crippen molar-refractivity contribution in [2.75, 3.05) is 0 Å². The maximum Gasteiger partial charge on any atom is 0.470 e. The SMILES string of the molecule is FC(F)(F)c1nnc(C2CC2)o1. The van der Waals surface area contributed by atoms with E-state index in [0.29, 0.717) is 0 Å². The van der Waals surface area contributed by atoms with E-state index in [-0.39, 0.29) is 11.8 Å². The second-order valence-electron chi connectivity index (χ2n) is 2.72. The summed E-state index contributed by atoms with van der Waals surface area (Å²) >= 11 is 0. The maximum absolute atomic E-state index is 11.9. The van der Waals surface area contributed by atoms with Crippen molar-refractivity contribution in [2.45, 2.75) is 24.9 Å². The van der Waals surface area contributed by atoms with Crippen LogP contribution < -0.4 is 0 Å². The molecule has 0 unspecified atom stereocenters. The molecule has 0 atom stereocenters. The van der Waals surface area contributed by atoms with Crippen LogP contribution in [-0.2, 0) is 6.18 Å². The van der Waals surface area contributed by atoms with E-state index < -0.39 is 12.1 Å². The number of aromatic nitrogens is 2. The van der Waals surface area contributed by atoms with Crippen molar-refractivity contribution in [1.82, 2.24) is 10.2 Å². The lowest BCUT2D eigenvalue weighted by atomic mass is 10.4. The highest BCUT2D eigenvalue weighted by atomic mass is 19.4. The quantitative estimate of drug-likeness (QED) is 0.659. The molecule has 1 saturated carbocycles. The van der Waals surface area contributed by atoms with Gasteiger partial charge in [-0.2, -0.15) is 13.2 Å². The van der Waals surface area contributed by atoms with Gasteiger partial charge in [0.25, 0.3) is 0 Å². The molecule has 6 heteroatoms. The number of nitrogens with zero attached hydrogens (tertiary/aromatic N) is 2. The second-order valence-corrected chi connectivity index (χ2v) is 2.72. The smallest absolute Gasteiger partial charge is 0.417 e. The standard InChI is InChI=1S/C6H5F3N2O/c7-6(8,9)5-11-10-4(12-5)3-1-2-3/h3H,1-2H2. The molecule has 2 rings (SSSR count). The van der Waals surface area contributed by atoms with Gasteiger partial charge in [0.05, 0.1) is 0 Å². The van der Waals surface area contributed by atoms with Gasteiger partial charge in [0.15, 0.2) is 0 Å². The van der Waals surface area contributed by atoms with Gasteiger partial charge < -0.3 is 4.42 Å². The number of halogens is 3. The molecule has 3 nitrogen and oxygen atoms in total. The van der Waals surface area contributed by atoms with Gasteiger partial charge in [-0.25, -0.2) is 0 Å². The van der Waals surface area contributed by atoms with Gasteiger partial charge >= 0.3 is 12.1 Å². The number of alkyl halides is 3. The molecular formula is C6H5F3N2O. The summed E-state index contributed by atoms with van der Waals surface area (Å²) in [6.45, 7) is 0. The molecule has 66 valence electrons. The summed E-state index contributed by atoms with van der Waals surface area (Å²) in [6.07, 6.45) is -2.82. The normalized spacial score (nSPS) is 18.2. The predicted molar refractivity (Wildman–Crippen MR) is 31.3 cm³/mol. The van der Waals surface area contributed by atoms with Crippen molar-refractivity contribution in [2.24, 2.45) is 0 Å². The zero-order chi connectivity index (χ0) is 8.77. The average molecular weight is 178 g/mol. The Hall–Kier alpha value is -1.07. The van der Waals surface area contributed by atoms with Crippen LogP contribution in [-0.4, -0.2) is 10.2 Å². The summed E-state index contributed by atoms with van der Waals surface area (Å²) in [7, 11) is 0. The van der Waals surface area contributed by atoms with E-state index in [9.17, 15) is 13.2 Å². The van der Waals surface area contributed by atoms with Crippen LogP contribution in [0.1, 0.15) is 30.5 Å². The topological polar surface area (TPSA) is 38.9 Å². The van der Waals surface area contributed by atoms with E-state index in [0.717, 1.165) is 12.8 Å². The highest BCUT2D eigenvalue weighted by molar-refractivity contribution is 5.00. The van der Waals surface area contributed by atoms with Crippen molar-refractivity contribution in [3.8, 4) is 0 Å². The Bertz CT molecular complexity index is 289. The molecule has 0 N–H and O–H groups in total. The Labute approximate surface area is 65.6 Å². The first kappa shape index (κ1) is 7.57. The third-order valence-corrected chi connectivity index (χ3v) is 1.61. The van der Waals surface area contributed by atoms with Gasteiger partial charge in [0.2, 0.25) is 5.89 Å². The summed E-state index contributed by atoms with van der Waals surface area (Å²) < 4.78 is 40.1. The van der Waals surface area contributed by atoms with E-state index in [1.54, 1.807) is 0 Å². The van der Waals surface area contributed by atoms with E-state index in [1.807, 2.05) is 0 Å². The minimum Gasteiger partial charge on any atom is -0.417 e. The minimum atomic E-state index is -4.51. The van der Waals surface area contributed by atoms with Crippen LogP contribution in [0.15, 0.2) is 4.42 Å². The monoisotopic (exact) mass is 178 g/mol. The Morgan fingerprint density at radius 2 is 1.92 bits per heavy atom. The van der Waals surface area contributed by atoms with Gasteiger partial charge in [0.1, 0.15) is 0 Å². The first-order chi connectivity index (χ1) is 5.57. The van der Waals surface area contributed by atoms with Crippen LogP contribution in [0, 0.1) is 0 Å². The van der Waals surface area contributed by atoms with Crippen molar-refractivity contribution in [3.05, 3.63) is 11.8 Å². The van der Waals surface area contributed by atoms with E-state index in [4.69, 9.17) is 0 Å². The first-order valence-corrected chi connectivity index (χ1v) is 3.48. The molecule has 0 aromatic carbocycles. The van der Waals surface area contributed by atoms with Crippen molar-refractivity contribution in [1.29, 1.82) is 0 Å². The highest BCUT2D eigenvalue weighted by Gasteiger charge is 2.40. The largest absolute Gasteiger partial charge is 0.470 e. The number of hydrogen-bond acceptors (Lipinski definition) is 3. The van der Waals surface area contributed by atoms with Gasteiger partial charge in [-0.15, -0.1) is 10.2 Å². The second kappa shape index (κ2) is 2.21. The van der Waals surface area contributed by atoms with Crippen LogP contribution in [0.4, 0.5) is 13.2 Å². The van der Waals surface area contributed by atoms with Crippen LogP contribution in [0.25, 0.3) is 0 Å². The van der Waals surface area contributed by atoms with Crippen LogP contribution in [0.2, 0.25) is 0 Å². The fourth-order valence-corrected chi connectivity index (χ4v) is 0.844. The van der Waals surface area contributed by atoms with Gasteiger partial charge in [-0.1, -0.05) is 0 Å². The van der Waals surface area contributed by atoms with Crippen LogP contribution in [0.5, 0.6) is 0 Å². The van der Waals surface area contributed by atoms with E-state index in [2.05, 4.69) is 14.6 Å². The Balaban J connectivity index is 2.23. The molecule has 12 heavy (non-hydrogen) atoms. The lowest BCUT2D eigenvalue weighted by Gasteiger charge is -1.96. The molecule has 1 fully saturated rings. The van der Waals surface area contributed by atoms with Crippen molar-refractivity contribution < 1.29 is 17.6 Å². The molecule has 0 bridgehead atoms. The fourth-order valence-electron chi connectivity index (χ4n) is 0.844. The summed E-state index contributed by atoms with van der Waals surface area (Å²) in [6, 6.07) is 0. The molecule has 0 aliphatic heterocycles. The molecule has 0 saturated heterocycles. The molecule has 1 aromatic heterocycles. The lowest BCUT2D eigenvalue weighted by Crippen LogP contribution is -2.04. The lowest BCUT2D eigenvalue weighted by molar-refractivity contribution is -0.157. The minimum absolute atomic E-state index is 0.0635. The van der Waals surface area contributed by atoms with Crippen LogP contribution >= 0.6 is 0 Å². The molecule has 0 radical (unpaired) electrons. The molecule has 1 aliphatic rings. The van der Waals surface area contributed by atoms with Gasteiger partial charge in [-0.3, -0.25) is 0 Å². The number of rotatable bonds is 1. The zero-order valence-corrected chi connectivity index (χ0v) is 5.93. The molecule has 0 amide bonds. The summed E-state index contributed by atoms with van der Waals surface area (Å²) in [4.78, 5) is 0. The molecule has 0 spiro atoms. The summed E-state index contributed by atoms with van der Waals surface area (Å²) in [5, 5.41) is 6.22. The molecule has 1 heterocycles. The van der Waals surface area contributed by atoms with Gasteiger partial charge in [-0.05, 0) is 12.8 Å². The maximum atomic E-state index is 11.9. The Kier molecular flexibility index (Phi) is 1.39. The fraction of sp³-hybridized carbons (Fsp3) is 0.667.